The topological polar surface area (TPSA) is 49.0 Å². The van der Waals surface area contributed by atoms with Gasteiger partial charge in [0, 0.05) is 12.1 Å². The van der Waals surface area contributed by atoms with Crippen molar-refractivity contribution in [3.8, 4) is 0 Å². The number of halogens is 2. The van der Waals surface area contributed by atoms with E-state index in [0.717, 1.165) is 11.3 Å². The van der Waals surface area contributed by atoms with Crippen LogP contribution in [0.4, 0.5) is 0 Å². The first-order valence-corrected chi connectivity index (χ1v) is 4.19. The van der Waals surface area contributed by atoms with Crippen LogP contribution in [-0.2, 0) is 17.9 Å². The van der Waals surface area contributed by atoms with E-state index in [1.54, 1.807) is 11.1 Å². The van der Waals surface area contributed by atoms with Crippen LogP contribution in [-0.4, -0.2) is 26.9 Å². The summed E-state index contributed by atoms with van der Waals surface area (Å²) in [5.41, 5.74) is 2.11. The molecule has 0 bridgehead atoms. The van der Waals surface area contributed by atoms with Crippen LogP contribution >= 0.6 is 24.0 Å². The van der Waals surface area contributed by atoms with Crippen LogP contribution in [0.15, 0.2) is 6.20 Å². The first-order valence-electron chi connectivity index (χ1n) is 3.66. The fourth-order valence-electron chi connectivity index (χ4n) is 1.32. The zero-order valence-corrected chi connectivity index (χ0v) is 8.36. The van der Waals surface area contributed by atoms with E-state index in [0.29, 0.717) is 13.1 Å². The van der Waals surface area contributed by atoms with E-state index >= 15 is 0 Å². The highest BCUT2D eigenvalue weighted by molar-refractivity contribution is 6.27. The number of carbonyl (C=O) groups is 1. The molecule has 13 heavy (non-hydrogen) atoms. The largest absolute Gasteiger partial charge is 0.331 e. The number of aromatic amines is 1. The molecule has 1 amide bonds. The van der Waals surface area contributed by atoms with Crippen molar-refractivity contribution in [1.82, 2.24) is 15.1 Å². The Bertz CT molecular complexity index is 292. The second kappa shape index (κ2) is 3.98. The smallest absolute Gasteiger partial charge is 0.238 e. The van der Waals surface area contributed by atoms with Crippen LogP contribution in [0.1, 0.15) is 11.3 Å². The van der Waals surface area contributed by atoms with Gasteiger partial charge in [-0.2, -0.15) is 5.10 Å². The van der Waals surface area contributed by atoms with Crippen molar-refractivity contribution in [3.05, 3.63) is 17.5 Å². The van der Waals surface area contributed by atoms with Gasteiger partial charge in [0.05, 0.1) is 18.4 Å². The van der Waals surface area contributed by atoms with Crippen molar-refractivity contribution in [3.63, 3.8) is 0 Å². The maximum atomic E-state index is 11.1. The molecule has 0 saturated heterocycles. The molecule has 4 nitrogen and oxygen atoms in total. The molecule has 0 atom stereocenters. The van der Waals surface area contributed by atoms with E-state index in [9.17, 15) is 4.79 Å². The van der Waals surface area contributed by atoms with Crippen LogP contribution < -0.4 is 0 Å². The Morgan fingerprint density at radius 1 is 1.69 bits per heavy atom. The number of carbonyl (C=O) groups excluding carboxylic acids is 1. The molecule has 72 valence electrons. The number of aromatic nitrogens is 2. The Balaban J connectivity index is 0.000000845. The van der Waals surface area contributed by atoms with Gasteiger partial charge in [0.25, 0.3) is 0 Å². The number of amides is 1. The van der Waals surface area contributed by atoms with E-state index < -0.39 is 0 Å². The molecule has 0 fully saturated rings. The van der Waals surface area contributed by atoms with Gasteiger partial charge in [-0.05, 0) is 0 Å². The number of H-pyrrole nitrogens is 1. The average molecular weight is 222 g/mol. The summed E-state index contributed by atoms with van der Waals surface area (Å²) in [6.45, 7) is 1.25. The summed E-state index contributed by atoms with van der Waals surface area (Å²) in [6.07, 6.45) is 1.75. The van der Waals surface area contributed by atoms with Gasteiger partial charge in [-0.25, -0.2) is 0 Å². The van der Waals surface area contributed by atoms with Crippen molar-refractivity contribution in [2.24, 2.45) is 0 Å². The van der Waals surface area contributed by atoms with Gasteiger partial charge in [-0.1, -0.05) is 0 Å². The van der Waals surface area contributed by atoms with Crippen molar-refractivity contribution in [2.75, 3.05) is 5.88 Å². The molecule has 1 aromatic heterocycles. The second-order valence-electron chi connectivity index (χ2n) is 2.76. The molecule has 0 unspecified atom stereocenters. The lowest BCUT2D eigenvalue weighted by Gasteiger charge is -2.12. The Morgan fingerprint density at radius 2 is 2.46 bits per heavy atom. The molecule has 0 radical (unpaired) electrons. The Labute approximate surface area is 86.7 Å². The van der Waals surface area contributed by atoms with Crippen LogP contribution in [0, 0.1) is 0 Å². The molecule has 1 aromatic rings. The van der Waals surface area contributed by atoms with Crippen LogP contribution in [0.2, 0.25) is 0 Å². The third kappa shape index (κ3) is 1.78. The van der Waals surface area contributed by atoms with Crippen LogP contribution in [0.3, 0.4) is 0 Å². The summed E-state index contributed by atoms with van der Waals surface area (Å²) in [6, 6.07) is 0. The van der Waals surface area contributed by atoms with Crippen molar-refractivity contribution >= 4 is 29.9 Å². The molecule has 0 aromatic carbocycles. The lowest BCUT2D eigenvalue weighted by molar-refractivity contribution is -0.129. The standard InChI is InChI=1S/C7H8ClN3O.ClH/c8-1-7(12)11-3-5-2-9-10-6(5)4-11;/h2H,1,3-4H2,(H,9,10);1H. The zero-order chi connectivity index (χ0) is 8.55. The maximum absolute atomic E-state index is 11.1. The summed E-state index contributed by atoms with van der Waals surface area (Å²) in [5, 5.41) is 6.71. The number of fused-ring (bicyclic) bond motifs is 1. The summed E-state index contributed by atoms with van der Waals surface area (Å²) < 4.78 is 0. The first-order chi connectivity index (χ1) is 5.81. The van der Waals surface area contributed by atoms with Gasteiger partial charge in [-0.15, -0.1) is 24.0 Å². The second-order valence-corrected chi connectivity index (χ2v) is 3.02. The fourth-order valence-corrected chi connectivity index (χ4v) is 1.49. The predicted molar refractivity (Wildman–Crippen MR) is 50.8 cm³/mol. The molecule has 1 aliphatic heterocycles. The molecule has 1 aliphatic rings. The minimum absolute atomic E-state index is 0. The van der Waals surface area contributed by atoms with Gasteiger partial charge < -0.3 is 4.90 Å². The van der Waals surface area contributed by atoms with Crippen LogP contribution in [0.25, 0.3) is 0 Å². The number of nitrogens with zero attached hydrogens (tertiary/aromatic N) is 2. The number of hydrogen-bond donors (Lipinski definition) is 1. The summed E-state index contributed by atoms with van der Waals surface area (Å²) in [7, 11) is 0. The third-order valence-corrected chi connectivity index (χ3v) is 2.21. The highest BCUT2D eigenvalue weighted by Crippen LogP contribution is 2.19. The van der Waals surface area contributed by atoms with Crippen molar-refractivity contribution in [1.29, 1.82) is 0 Å². The number of hydrogen-bond acceptors (Lipinski definition) is 2. The molecule has 0 saturated carbocycles. The number of rotatable bonds is 1. The van der Waals surface area contributed by atoms with Crippen LogP contribution in [0.5, 0.6) is 0 Å². The van der Waals surface area contributed by atoms with E-state index in [1.807, 2.05) is 0 Å². The first kappa shape index (κ1) is 10.3. The predicted octanol–water partition coefficient (Wildman–Crippen LogP) is 0.912. The minimum atomic E-state index is -0.0266. The zero-order valence-electron chi connectivity index (χ0n) is 6.79. The van der Waals surface area contributed by atoms with Gasteiger partial charge >= 0.3 is 0 Å². The molecule has 0 aliphatic carbocycles. The lowest BCUT2D eigenvalue weighted by atomic mass is 10.3. The monoisotopic (exact) mass is 221 g/mol. The quantitative estimate of drug-likeness (QED) is 0.718. The average Bonchev–Trinajstić information content (AvgIpc) is 2.60. The lowest BCUT2D eigenvalue weighted by Crippen LogP contribution is -2.26. The SMILES string of the molecule is Cl.O=C(CCl)N1Cc2cn[nH]c2C1. The molecular weight excluding hydrogens is 213 g/mol. The summed E-state index contributed by atoms with van der Waals surface area (Å²) in [4.78, 5) is 12.8. The highest BCUT2D eigenvalue weighted by Gasteiger charge is 2.23. The Hall–Kier alpha value is -0.740. The molecule has 2 rings (SSSR count). The van der Waals surface area contributed by atoms with Gasteiger partial charge in [0.2, 0.25) is 5.91 Å². The summed E-state index contributed by atoms with van der Waals surface area (Å²) in [5.74, 6) is 0.0267. The van der Waals surface area contributed by atoms with E-state index in [4.69, 9.17) is 11.6 Å². The molecule has 6 heteroatoms. The Kier molecular flexibility index (Phi) is 3.17. The minimum Gasteiger partial charge on any atom is -0.331 e. The van der Waals surface area contributed by atoms with E-state index in [2.05, 4.69) is 10.2 Å². The van der Waals surface area contributed by atoms with E-state index in [1.165, 1.54) is 0 Å². The summed E-state index contributed by atoms with van der Waals surface area (Å²) >= 11 is 5.42. The molecule has 0 spiro atoms. The third-order valence-electron chi connectivity index (χ3n) is 1.98. The fraction of sp³-hybridized carbons (Fsp3) is 0.429. The molecule has 2 heterocycles. The van der Waals surface area contributed by atoms with Gasteiger partial charge in [0.15, 0.2) is 0 Å². The Morgan fingerprint density at radius 3 is 3.08 bits per heavy atom. The number of nitrogens with one attached hydrogen (secondary N) is 1. The van der Waals surface area contributed by atoms with E-state index in [-0.39, 0.29) is 24.2 Å². The van der Waals surface area contributed by atoms with Gasteiger partial charge in [0.1, 0.15) is 5.88 Å². The van der Waals surface area contributed by atoms with Crippen molar-refractivity contribution in [2.45, 2.75) is 13.1 Å². The van der Waals surface area contributed by atoms with Crippen molar-refractivity contribution < 1.29 is 4.79 Å². The van der Waals surface area contributed by atoms with Gasteiger partial charge in [-0.3, -0.25) is 9.89 Å². The number of alkyl halides is 1. The highest BCUT2D eigenvalue weighted by atomic mass is 35.5. The molecule has 1 N–H and O–H groups in total. The maximum Gasteiger partial charge on any atom is 0.238 e. The molecular formula is C7H9Cl2N3O. The normalized spacial score (nSPS) is 13.8.